The van der Waals surface area contributed by atoms with Gasteiger partial charge in [0, 0.05) is 21.4 Å². The van der Waals surface area contributed by atoms with E-state index in [1.807, 2.05) is 23.1 Å². The molecule has 0 radical (unpaired) electrons. The molecule has 2 heterocycles. The number of thiophene rings is 1. The van der Waals surface area contributed by atoms with Crippen LogP contribution in [0.5, 0.6) is 0 Å². The van der Waals surface area contributed by atoms with E-state index in [-0.39, 0.29) is 0 Å². The number of rotatable bonds is 1. The second-order valence-electron chi connectivity index (χ2n) is 3.42. The number of benzene rings is 1. The molecule has 0 N–H and O–H groups in total. The predicted octanol–water partition coefficient (Wildman–Crippen LogP) is 3.99. The molecular formula is C12H10S2. The van der Waals surface area contributed by atoms with Crippen molar-refractivity contribution >= 4 is 23.1 Å². The lowest BCUT2D eigenvalue weighted by atomic mass is 10.00. The van der Waals surface area contributed by atoms with E-state index in [0.29, 0.717) is 5.92 Å². The van der Waals surface area contributed by atoms with Crippen molar-refractivity contribution in [3.05, 3.63) is 52.2 Å². The summed E-state index contributed by atoms with van der Waals surface area (Å²) >= 11 is 3.85. The average molecular weight is 218 g/mol. The van der Waals surface area contributed by atoms with E-state index in [2.05, 4.69) is 41.8 Å². The average Bonchev–Trinajstić information content (AvgIpc) is 2.85. The van der Waals surface area contributed by atoms with Crippen molar-refractivity contribution in [2.24, 2.45) is 0 Å². The molecule has 0 amide bonds. The Labute approximate surface area is 92.0 Å². The number of fused-ring (bicyclic) bond motifs is 1. The van der Waals surface area contributed by atoms with Crippen LogP contribution in [0.15, 0.2) is 46.7 Å². The second-order valence-corrected chi connectivity index (χ2v) is 5.46. The third-order valence-corrected chi connectivity index (χ3v) is 4.76. The largest absolute Gasteiger partial charge is 0.148 e. The monoisotopic (exact) mass is 218 g/mol. The fourth-order valence-electron chi connectivity index (χ4n) is 1.89. The quantitative estimate of drug-likeness (QED) is 0.697. The van der Waals surface area contributed by atoms with Crippen LogP contribution in [0.25, 0.3) is 0 Å². The van der Waals surface area contributed by atoms with E-state index in [9.17, 15) is 0 Å². The Balaban J connectivity index is 2.06. The van der Waals surface area contributed by atoms with E-state index in [0.717, 1.165) is 0 Å². The smallest absolute Gasteiger partial charge is 0.0289 e. The van der Waals surface area contributed by atoms with Gasteiger partial charge in [0.2, 0.25) is 0 Å². The predicted molar refractivity (Wildman–Crippen MR) is 63.3 cm³/mol. The summed E-state index contributed by atoms with van der Waals surface area (Å²) in [7, 11) is 0. The topological polar surface area (TPSA) is 0 Å². The number of hydrogen-bond donors (Lipinski definition) is 0. The van der Waals surface area contributed by atoms with Gasteiger partial charge in [-0.1, -0.05) is 24.3 Å². The Morgan fingerprint density at radius 3 is 2.86 bits per heavy atom. The minimum atomic E-state index is 0.635. The minimum Gasteiger partial charge on any atom is -0.148 e. The van der Waals surface area contributed by atoms with Crippen LogP contribution in [0.4, 0.5) is 0 Å². The van der Waals surface area contributed by atoms with E-state index in [1.165, 1.54) is 21.1 Å². The van der Waals surface area contributed by atoms with E-state index < -0.39 is 0 Å². The van der Waals surface area contributed by atoms with E-state index in [4.69, 9.17) is 0 Å². The molecule has 1 atom stereocenters. The highest BCUT2D eigenvalue weighted by Crippen LogP contribution is 2.43. The molecule has 1 unspecified atom stereocenters. The van der Waals surface area contributed by atoms with Gasteiger partial charge in [-0.15, -0.1) is 23.1 Å². The van der Waals surface area contributed by atoms with Gasteiger partial charge in [0.15, 0.2) is 0 Å². The summed E-state index contributed by atoms with van der Waals surface area (Å²) < 4.78 is 0. The maximum atomic E-state index is 2.26. The molecule has 14 heavy (non-hydrogen) atoms. The van der Waals surface area contributed by atoms with Gasteiger partial charge in [-0.3, -0.25) is 0 Å². The van der Waals surface area contributed by atoms with Crippen molar-refractivity contribution in [3.63, 3.8) is 0 Å². The summed E-state index contributed by atoms with van der Waals surface area (Å²) in [5.41, 5.74) is 1.51. The van der Waals surface area contributed by atoms with Gasteiger partial charge in [0.1, 0.15) is 0 Å². The number of hydrogen-bond acceptors (Lipinski definition) is 2. The van der Waals surface area contributed by atoms with Crippen molar-refractivity contribution in [1.82, 2.24) is 0 Å². The molecule has 1 aromatic carbocycles. The Morgan fingerprint density at radius 1 is 1.07 bits per heavy atom. The standard InChI is InChI=1S/C12H10S2/c1-2-5-11-9(4-1)10(8-14-11)12-6-3-7-13-12/h1-7,10H,8H2. The first-order chi connectivity index (χ1) is 6.95. The molecule has 2 aromatic rings. The lowest BCUT2D eigenvalue weighted by Crippen LogP contribution is -1.95. The van der Waals surface area contributed by atoms with Crippen molar-refractivity contribution in [3.8, 4) is 0 Å². The second kappa shape index (κ2) is 3.44. The van der Waals surface area contributed by atoms with Crippen molar-refractivity contribution in [1.29, 1.82) is 0 Å². The molecule has 0 saturated carbocycles. The fraction of sp³-hybridized carbons (Fsp3) is 0.167. The molecule has 0 aliphatic carbocycles. The summed E-state index contributed by atoms with van der Waals surface area (Å²) in [4.78, 5) is 2.97. The van der Waals surface area contributed by atoms with Crippen molar-refractivity contribution < 1.29 is 0 Å². The summed E-state index contributed by atoms with van der Waals surface area (Å²) in [6.45, 7) is 0. The molecule has 3 rings (SSSR count). The van der Waals surface area contributed by atoms with Gasteiger partial charge in [-0.05, 0) is 23.1 Å². The molecule has 0 saturated heterocycles. The summed E-state index contributed by atoms with van der Waals surface area (Å²) in [6, 6.07) is 13.2. The molecule has 1 aliphatic rings. The lowest BCUT2D eigenvalue weighted by molar-refractivity contribution is 0.963. The summed E-state index contributed by atoms with van der Waals surface area (Å²) in [5.74, 6) is 1.84. The molecule has 0 bridgehead atoms. The number of thioether (sulfide) groups is 1. The van der Waals surface area contributed by atoms with Crippen LogP contribution in [-0.4, -0.2) is 5.75 Å². The van der Waals surface area contributed by atoms with Crippen molar-refractivity contribution in [2.45, 2.75) is 10.8 Å². The summed E-state index contributed by atoms with van der Waals surface area (Å²) in [6.07, 6.45) is 0. The fourth-order valence-corrected chi connectivity index (χ4v) is 4.10. The van der Waals surface area contributed by atoms with Crippen LogP contribution in [-0.2, 0) is 0 Å². The maximum Gasteiger partial charge on any atom is 0.0289 e. The van der Waals surface area contributed by atoms with E-state index in [1.54, 1.807) is 0 Å². The van der Waals surface area contributed by atoms with E-state index >= 15 is 0 Å². The molecule has 0 fully saturated rings. The van der Waals surface area contributed by atoms with Crippen LogP contribution in [0.3, 0.4) is 0 Å². The van der Waals surface area contributed by atoms with Crippen LogP contribution >= 0.6 is 23.1 Å². The zero-order chi connectivity index (χ0) is 9.38. The highest BCUT2D eigenvalue weighted by atomic mass is 32.2. The highest BCUT2D eigenvalue weighted by Gasteiger charge is 2.24. The zero-order valence-corrected chi connectivity index (χ0v) is 9.28. The first-order valence-corrected chi connectivity index (χ1v) is 6.57. The zero-order valence-electron chi connectivity index (χ0n) is 7.64. The summed E-state index contributed by atoms with van der Waals surface area (Å²) in [5, 5.41) is 2.17. The molecular weight excluding hydrogens is 208 g/mol. The SMILES string of the molecule is c1csc(C2CSc3ccccc32)c1. The molecule has 1 aliphatic heterocycles. The molecule has 0 nitrogen and oxygen atoms in total. The maximum absolute atomic E-state index is 2.26. The third-order valence-electron chi connectivity index (χ3n) is 2.59. The van der Waals surface area contributed by atoms with Gasteiger partial charge < -0.3 is 0 Å². The van der Waals surface area contributed by atoms with Gasteiger partial charge >= 0.3 is 0 Å². The van der Waals surface area contributed by atoms with Crippen molar-refractivity contribution in [2.75, 3.05) is 5.75 Å². The Morgan fingerprint density at radius 2 is 2.00 bits per heavy atom. The molecule has 70 valence electrons. The molecule has 1 aromatic heterocycles. The van der Waals surface area contributed by atoms with Crippen LogP contribution in [0.2, 0.25) is 0 Å². The van der Waals surface area contributed by atoms with Gasteiger partial charge in [0.05, 0.1) is 0 Å². The highest BCUT2D eigenvalue weighted by molar-refractivity contribution is 7.99. The lowest BCUT2D eigenvalue weighted by Gasteiger charge is -2.07. The Hall–Kier alpha value is -0.730. The molecule has 2 heteroatoms. The minimum absolute atomic E-state index is 0.635. The Bertz CT molecular complexity index is 431. The van der Waals surface area contributed by atoms with Crippen LogP contribution in [0.1, 0.15) is 16.4 Å². The first-order valence-electron chi connectivity index (χ1n) is 4.70. The Kier molecular flexibility index (Phi) is 2.11. The van der Waals surface area contributed by atoms with Crippen LogP contribution in [0, 0.1) is 0 Å². The molecule has 0 spiro atoms. The van der Waals surface area contributed by atoms with Gasteiger partial charge in [-0.25, -0.2) is 0 Å². The first kappa shape index (κ1) is 8.57. The third kappa shape index (κ3) is 1.30. The van der Waals surface area contributed by atoms with Gasteiger partial charge in [-0.2, -0.15) is 0 Å². The normalized spacial score (nSPS) is 19.6. The van der Waals surface area contributed by atoms with Crippen LogP contribution < -0.4 is 0 Å². The van der Waals surface area contributed by atoms with Gasteiger partial charge in [0.25, 0.3) is 0 Å².